The fourth-order valence-electron chi connectivity index (χ4n) is 1.53. The van der Waals surface area contributed by atoms with Gasteiger partial charge in [0.2, 0.25) is 11.8 Å². The van der Waals surface area contributed by atoms with Crippen LogP contribution in [0, 0.1) is 5.82 Å². The summed E-state index contributed by atoms with van der Waals surface area (Å²) >= 11 is 0. The van der Waals surface area contributed by atoms with Crippen LogP contribution in [0.3, 0.4) is 0 Å². The minimum atomic E-state index is -0.920. The van der Waals surface area contributed by atoms with Gasteiger partial charge in [-0.05, 0) is 24.3 Å². The highest BCUT2D eigenvalue weighted by Gasteiger charge is 2.29. The van der Waals surface area contributed by atoms with Crippen LogP contribution < -0.4 is 16.0 Å². The van der Waals surface area contributed by atoms with E-state index in [1.54, 1.807) is 0 Å². The van der Waals surface area contributed by atoms with Gasteiger partial charge in [0, 0.05) is 5.69 Å². The summed E-state index contributed by atoms with van der Waals surface area (Å²) in [6.07, 6.45) is -0.126. The molecule has 1 fully saturated rings. The normalized spacial score (nSPS) is 18.8. The number of anilines is 1. The van der Waals surface area contributed by atoms with E-state index in [2.05, 4.69) is 10.6 Å². The van der Waals surface area contributed by atoms with Crippen LogP contribution in [0.4, 0.5) is 14.9 Å². The van der Waals surface area contributed by atoms with Gasteiger partial charge in [0.25, 0.3) is 0 Å². The van der Waals surface area contributed by atoms with Crippen molar-refractivity contribution >= 4 is 23.5 Å². The van der Waals surface area contributed by atoms with Gasteiger partial charge in [-0.25, -0.2) is 9.18 Å². The van der Waals surface area contributed by atoms with Crippen LogP contribution >= 0.6 is 0 Å². The summed E-state index contributed by atoms with van der Waals surface area (Å²) < 4.78 is 12.7. The SMILES string of the molecule is O=C1CC(C(=O)Nc2ccc(F)cc2)NC(=O)N1. The van der Waals surface area contributed by atoms with Gasteiger partial charge >= 0.3 is 6.03 Å². The summed E-state index contributed by atoms with van der Waals surface area (Å²) in [5.41, 5.74) is 0.390. The Morgan fingerprint density at radius 1 is 1.28 bits per heavy atom. The molecule has 0 bridgehead atoms. The molecule has 0 aromatic heterocycles. The van der Waals surface area contributed by atoms with Crippen molar-refractivity contribution in [1.29, 1.82) is 0 Å². The second-order valence-corrected chi connectivity index (χ2v) is 3.77. The van der Waals surface area contributed by atoms with Crippen molar-refractivity contribution in [2.24, 2.45) is 0 Å². The first-order chi connectivity index (χ1) is 8.54. The van der Waals surface area contributed by atoms with Crippen molar-refractivity contribution < 1.29 is 18.8 Å². The van der Waals surface area contributed by atoms with Crippen molar-refractivity contribution in [3.8, 4) is 0 Å². The lowest BCUT2D eigenvalue weighted by atomic mass is 10.1. The maximum Gasteiger partial charge on any atom is 0.322 e. The number of amides is 4. The summed E-state index contributed by atoms with van der Waals surface area (Å²) in [6.45, 7) is 0. The number of urea groups is 1. The van der Waals surface area contributed by atoms with E-state index in [0.29, 0.717) is 5.69 Å². The second-order valence-electron chi connectivity index (χ2n) is 3.77. The Labute approximate surface area is 102 Å². The zero-order chi connectivity index (χ0) is 13.1. The minimum Gasteiger partial charge on any atom is -0.325 e. The third-order valence-electron chi connectivity index (χ3n) is 2.38. The fraction of sp³-hybridized carbons (Fsp3) is 0.182. The molecule has 1 heterocycles. The predicted molar refractivity (Wildman–Crippen MR) is 60.1 cm³/mol. The Hall–Kier alpha value is -2.44. The van der Waals surface area contributed by atoms with E-state index in [9.17, 15) is 18.8 Å². The van der Waals surface area contributed by atoms with E-state index < -0.39 is 29.7 Å². The van der Waals surface area contributed by atoms with Gasteiger partial charge in [-0.15, -0.1) is 0 Å². The molecule has 2 rings (SSSR count). The highest BCUT2D eigenvalue weighted by atomic mass is 19.1. The Bertz CT molecular complexity index is 485. The van der Waals surface area contributed by atoms with Crippen LogP contribution in [-0.4, -0.2) is 23.9 Å². The summed E-state index contributed by atoms with van der Waals surface area (Å²) in [6, 6.07) is 3.54. The molecule has 0 radical (unpaired) electrons. The lowest BCUT2D eigenvalue weighted by Gasteiger charge is -2.22. The van der Waals surface area contributed by atoms with Gasteiger partial charge in [0.05, 0.1) is 6.42 Å². The predicted octanol–water partition coefficient (Wildman–Crippen LogP) is 0.362. The van der Waals surface area contributed by atoms with E-state index in [-0.39, 0.29) is 6.42 Å². The van der Waals surface area contributed by atoms with Crippen molar-refractivity contribution in [3.63, 3.8) is 0 Å². The molecule has 4 amide bonds. The maximum absolute atomic E-state index is 12.7. The lowest BCUT2D eigenvalue weighted by molar-refractivity contribution is -0.126. The number of carbonyl (C=O) groups excluding carboxylic acids is 3. The molecule has 0 aliphatic carbocycles. The molecule has 1 aromatic rings. The fourth-order valence-corrected chi connectivity index (χ4v) is 1.53. The maximum atomic E-state index is 12.7. The van der Waals surface area contributed by atoms with Gasteiger partial charge in [0.15, 0.2) is 0 Å². The van der Waals surface area contributed by atoms with E-state index in [0.717, 1.165) is 0 Å². The highest BCUT2D eigenvalue weighted by Crippen LogP contribution is 2.10. The smallest absolute Gasteiger partial charge is 0.322 e. The molecule has 7 heteroatoms. The molecule has 94 valence electrons. The number of nitrogens with one attached hydrogen (secondary N) is 3. The van der Waals surface area contributed by atoms with Crippen molar-refractivity contribution in [1.82, 2.24) is 10.6 Å². The van der Waals surface area contributed by atoms with Gasteiger partial charge in [-0.2, -0.15) is 0 Å². The number of benzene rings is 1. The number of rotatable bonds is 2. The zero-order valence-electron chi connectivity index (χ0n) is 9.20. The molecule has 1 atom stereocenters. The highest BCUT2D eigenvalue weighted by molar-refractivity contribution is 6.05. The lowest BCUT2D eigenvalue weighted by Crippen LogP contribution is -2.56. The van der Waals surface area contributed by atoms with Crippen LogP contribution in [0.2, 0.25) is 0 Å². The number of carbonyl (C=O) groups is 3. The van der Waals surface area contributed by atoms with Crippen molar-refractivity contribution in [2.75, 3.05) is 5.32 Å². The Morgan fingerprint density at radius 3 is 2.56 bits per heavy atom. The van der Waals surface area contributed by atoms with E-state index in [4.69, 9.17) is 0 Å². The molecule has 1 aromatic carbocycles. The minimum absolute atomic E-state index is 0.126. The summed E-state index contributed by atoms with van der Waals surface area (Å²) in [7, 11) is 0. The molecular formula is C11H10FN3O3. The van der Waals surface area contributed by atoms with E-state index in [1.807, 2.05) is 5.32 Å². The zero-order valence-corrected chi connectivity index (χ0v) is 9.20. The summed E-state index contributed by atoms with van der Waals surface area (Å²) in [5, 5.41) is 6.82. The third-order valence-corrected chi connectivity index (χ3v) is 2.38. The van der Waals surface area contributed by atoms with Crippen LogP contribution in [0.5, 0.6) is 0 Å². The first-order valence-electron chi connectivity index (χ1n) is 5.21. The molecule has 18 heavy (non-hydrogen) atoms. The largest absolute Gasteiger partial charge is 0.325 e. The van der Waals surface area contributed by atoms with Crippen molar-refractivity contribution in [2.45, 2.75) is 12.5 Å². The molecule has 1 aliphatic rings. The van der Waals surface area contributed by atoms with Gasteiger partial charge in [0.1, 0.15) is 11.9 Å². The standard InChI is InChI=1S/C11H10FN3O3/c12-6-1-3-7(4-2-6)13-10(17)8-5-9(16)15-11(18)14-8/h1-4,8H,5H2,(H,13,17)(H2,14,15,16,18). The molecule has 1 saturated heterocycles. The molecule has 1 aliphatic heterocycles. The van der Waals surface area contributed by atoms with E-state index in [1.165, 1.54) is 24.3 Å². The third kappa shape index (κ3) is 2.82. The molecule has 0 spiro atoms. The number of imide groups is 1. The Balaban J connectivity index is 2.01. The quantitative estimate of drug-likeness (QED) is 0.709. The summed E-state index contributed by atoms with van der Waals surface area (Å²) in [5.74, 6) is -1.46. The molecule has 3 N–H and O–H groups in total. The number of hydrogen-bond donors (Lipinski definition) is 3. The van der Waals surface area contributed by atoms with Gasteiger partial charge in [-0.3, -0.25) is 14.9 Å². The van der Waals surface area contributed by atoms with Crippen molar-refractivity contribution in [3.05, 3.63) is 30.1 Å². The number of halogens is 1. The van der Waals surface area contributed by atoms with Crippen LogP contribution in [0.25, 0.3) is 0 Å². The second kappa shape index (κ2) is 4.82. The van der Waals surface area contributed by atoms with E-state index >= 15 is 0 Å². The molecule has 0 saturated carbocycles. The van der Waals surface area contributed by atoms with Crippen LogP contribution in [-0.2, 0) is 9.59 Å². The first kappa shape index (κ1) is 12.0. The summed E-state index contributed by atoms with van der Waals surface area (Å²) in [4.78, 5) is 33.8. The van der Waals surface area contributed by atoms with Gasteiger partial charge < -0.3 is 10.6 Å². The topological polar surface area (TPSA) is 87.3 Å². The van der Waals surface area contributed by atoms with Gasteiger partial charge in [-0.1, -0.05) is 0 Å². The average molecular weight is 251 g/mol. The monoisotopic (exact) mass is 251 g/mol. The number of hydrogen-bond acceptors (Lipinski definition) is 3. The molecule has 6 nitrogen and oxygen atoms in total. The first-order valence-corrected chi connectivity index (χ1v) is 5.21. The Morgan fingerprint density at radius 2 is 1.94 bits per heavy atom. The van der Waals surface area contributed by atoms with Crippen LogP contribution in [0.15, 0.2) is 24.3 Å². The average Bonchev–Trinajstić information content (AvgIpc) is 2.31. The Kier molecular flexibility index (Phi) is 3.22. The molecule has 1 unspecified atom stereocenters. The molecular weight excluding hydrogens is 241 g/mol. The van der Waals surface area contributed by atoms with Crippen LogP contribution in [0.1, 0.15) is 6.42 Å².